The van der Waals surface area contributed by atoms with Crippen LogP contribution in [0.5, 0.6) is 0 Å². The minimum absolute atomic E-state index is 0.790. The molecule has 0 fully saturated rings. The molecule has 0 aromatic heterocycles. The first-order valence-electron chi connectivity index (χ1n) is 6.23. The predicted molar refractivity (Wildman–Crippen MR) is 78.6 cm³/mol. The predicted octanol–water partition coefficient (Wildman–Crippen LogP) is 4.56. The van der Waals surface area contributed by atoms with Crippen LogP contribution in [0.2, 0.25) is 0 Å². The third-order valence-corrected chi connectivity index (χ3v) is 3.40. The van der Waals surface area contributed by atoms with Gasteiger partial charge >= 0.3 is 0 Å². The van der Waals surface area contributed by atoms with Crippen molar-refractivity contribution in [3.05, 3.63) is 60.2 Å². The topological polar surface area (TPSA) is 0 Å². The molecule has 0 nitrogen and oxygen atoms in total. The van der Waals surface area contributed by atoms with E-state index in [4.69, 9.17) is 6.42 Å². The lowest BCUT2D eigenvalue weighted by atomic mass is 9.94. The summed E-state index contributed by atoms with van der Waals surface area (Å²) >= 11 is 0. The maximum Gasteiger partial charge on any atom is 0.0127 e. The van der Waals surface area contributed by atoms with E-state index in [0.717, 1.165) is 12.8 Å². The molecule has 3 aromatic carbocycles. The van der Waals surface area contributed by atoms with E-state index < -0.39 is 0 Å². The second-order valence-electron chi connectivity index (χ2n) is 4.50. The quantitative estimate of drug-likeness (QED) is 0.447. The summed E-state index contributed by atoms with van der Waals surface area (Å²) in [6.07, 6.45) is 7.15. The van der Waals surface area contributed by atoms with Crippen molar-refractivity contribution in [1.29, 1.82) is 0 Å². The van der Waals surface area contributed by atoms with E-state index in [1.165, 1.54) is 27.1 Å². The van der Waals surface area contributed by atoms with Gasteiger partial charge in [-0.2, -0.15) is 0 Å². The Balaban J connectivity index is 2.38. The highest BCUT2D eigenvalue weighted by Gasteiger charge is 2.06. The molecular formula is C18H14. The minimum atomic E-state index is 0.790. The number of fused-ring (bicyclic) bond motifs is 2. The van der Waals surface area contributed by atoms with Crippen LogP contribution in [0.25, 0.3) is 21.5 Å². The van der Waals surface area contributed by atoms with Crippen LogP contribution in [0.4, 0.5) is 0 Å². The molecule has 0 radical (unpaired) electrons. The molecule has 86 valence electrons. The Morgan fingerprint density at radius 2 is 1.39 bits per heavy atom. The zero-order valence-electron chi connectivity index (χ0n) is 10.2. The van der Waals surface area contributed by atoms with Crippen molar-refractivity contribution in [2.24, 2.45) is 0 Å². The van der Waals surface area contributed by atoms with Crippen molar-refractivity contribution in [2.75, 3.05) is 0 Å². The lowest BCUT2D eigenvalue weighted by molar-refractivity contribution is 1.05. The van der Waals surface area contributed by atoms with Crippen LogP contribution in [0.1, 0.15) is 12.0 Å². The molecule has 18 heavy (non-hydrogen) atoms. The lowest BCUT2D eigenvalue weighted by Crippen LogP contribution is -1.89. The van der Waals surface area contributed by atoms with Gasteiger partial charge in [-0.15, -0.1) is 12.3 Å². The second-order valence-corrected chi connectivity index (χ2v) is 4.50. The van der Waals surface area contributed by atoms with Gasteiger partial charge in [-0.3, -0.25) is 0 Å². The number of terminal acetylenes is 1. The molecule has 0 aliphatic heterocycles. The van der Waals surface area contributed by atoms with Gasteiger partial charge in [-0.05, 0) is 39.6 Å². The average molecular weight is 230 g/mol. The van der Waals surface area contributed by atoms with Gasteiger partial charge in [0.2, 0.25) is 0 Å². The molecule has 0 aliphatic rings. The highest BCUT2D eigenvalue weighted by Crippen LogP contribution is 2.29. The van der Waals surface area contributed by atoms with Gasteiger partial charge in [-0.1, -0.05) is 48.5 Å². The Labute approximate surface area is 107 Å². The number of hydrogen-bond donors (Lipinski definition) is 0. The summed E-state index contributed by atoms with van der Waals surface area (Å²) in [5.41, 5.74) is 1.38. The average Bonchev–Trinajstić information content (AvgIpc) is 2.43. The van der Waals surface area contributed by atoms with Crippen LogP contribution in [0, 0.1) is 12.3 Å². The standard InChI is InChI=1S/C18H14/c1-2-3-10-18-16-11-6-4-8-14(16)13-15-9-5-7-12-17(15)18/h1,4-9,11-13H,3,10H2. The maximum absolute atomic E-state index is 5.41. The first-order valence-corrected chi connectivity index (χ1v) is 6.23. The summed E-state index contributed by atoms with van der Waals surface area (Å²) in [6.45, 7) is 0. The van der Waals surface area contributed by atoms with Crippen molar-refractivity contribution in [3.63, 3.8) is 0 Å². The molecule has 0 saturated heterocycles. The zero-order valence-corrected chi connectivity index (χ0v) is 10.2. The molecular weight excluding hydrogens is 216 g/mol. The molecule has 0 heterocycles. The molecule has 0 heteroatoms. The van der Waals surface area contributed by atoms with Crippen molar-refractivity contribution < 1.29 is 0 Å². The molecule has 0 N–H and O–H groups in total. The first kappa shape index (κ1) is 10.9. The van der Waals surface area contributed by atoms with E-state index in [0.29, 0.717) is 0 Å². The second kappa shape index (κ2) is 4.55. The van der Waals surface area contributed by atoms with E-state index in [9.17, 15) is 0 Å². The number of rotatable bonds is 2. The van der Waals surface area contributed by atoms with E-state index in [1.807, 2.05) is 0 Å². The summed E-state index contributed by atoms with van der Waals surface area (Å²) < 4.78 is 0. The Hall–Kier alpha value is -2.26. The summed E-state index contributed by atoms with van der Waals surface area (Å²) in [5, 5.41) is 5.24. The Kier molecular flexibility index (Phi) is 2.74. The lowest BCUT2D eigenvalue weighted by Gasteiger charge is -2.10. The molecule has 0 aliphatic carbocycles. The Bertz CT molecular complexity index is 691. The van der Waals surface area contributed by atoms with E-state index in [2.05, 4.69) is 60.5 Å². The fourth-order valence-corrected chi connectivity index (χ4v) is 2.57. The molecule has 0 spiro atoms. The zero-order chi connectivity index (χ0) is 12.4. The summed E-state index contributed by atoms with van der Waals surface area (Å²) in [7, 11) is 0. The first-order chi connectivity index (χ1) is 8.90. The number of aryl methyl sites for hydroxylation is 1. The van der Waals surface area contributed by atoms with Crippen LogP contribution in [0.3, 0.4) is 0 Å². The molecule has 3 rings (SSSR count). The third kappa shape index (κ3) is 1.75. The molecule has 3 aromatic rings. The normalized spacial score (nSPS) is 10.6. The van der Waals surface area contributed by atoms with Crippen molar-refractivity contribution >= 4 is 21.5 Å². The van der Waals surface area contributed by atoms with E-state index in [-0.39, 0.29) is 0 Å². The molecule has 0 unspecified atom stereocenters. The SMILES string of the molecule is C#CCCc1c2ccccc2cc2ccccc12. The van der Waals surface area contributed by atoms with Crippen LogP contribution in [-0.2, 0) is 6.42 Å². The number of hydrogen-bond acceptors (Lipinski definition) is 0. The van der Waals surface area contributed by atoms with Crippen LogP contribution >= 0.6 is 0 Å². The van der Waals surface area contributed by atoms with Gasteiger partial charge in [0, 0.05) is 6.42 Å². The van der Waals surface area contributed by atoms with E-state index in [1.54, 1.807) is 0 Å². The van der Waals surface area contributed by atoms with Crippen LogP contribution in [-0.4, -0.2) is 0 Å². The van der Waals surface area contributed by atoms with Gasteiger partial charge in [0.1, 0.15) is 0 Å². The van der Waals surface area contributed by atoms with Crippen LogP contribution in [0.15, 0.2) is 54.6 Å². The van der Waals surface area contributed by atoms with Crippen LogP contribution < -0.4 is 0 Å². The summed E-state index contributed by atoms with van der Waals surface area (Å²) in [4.78, 5) is 0. The van der Waals surface area contributed by atoms with Gasteiger partial charge in [-0.25, -0.2) is 0 Å². The third-order valence-electron chi connectivity index (χ3n) is 3.40. The van der Waals surface area contributed by atoms with E-state index >= 15 is 0 Å². The fourth-order valence-electron chi connectivity index (χ4n) is 2.57. The van der Waals surface area contributed by atoms with Gasteiger partial charge < -0.3 is 0 Å². The molecule has 0 bridgehead atoms. The molecule has 0 amide bonds. The summed E-state index contributed by atoms with van der Waals surface area (Å²) in [5.74, 6) is 2.75. The Morgan fingerprint density at radius 3 is 1.94 bits per heavy atom. The van der Waals surface area contributed by atoms with Crippen molar-refractivity contribution in [2.45, 2.75) is 12.8 Å². The Morgan fingerprint density at radius 1 is 0.833 bits per heavy atom. The number of benzene rings is 3. The minimum Gasteiger partial charge on any atom is -0.120 e. The smallest absolute Gasteiger partial charge is 0.0127 e. The molecule has 0 atom stereocenters. The van der Waals surface area contributed by atoms with Gasteiger partial charge in [0.15, 0.2) is 0 Å². The summed E-state index contributed by atoms with van der Waals surface area (Å²) in [6, 6.07) is 19.3. The van der Waals surface area contributed by atoms with Gasteiger partial charge in [0.25, 0.3) is 0 Å². The monoisotopic (exact) mass is 230 g/mol. The van der Waals surface area contributed by atoms with Crippen molar-refractivity contribution in [1.82, 2.24) is 0 Å². The van der Waals surface area contributed by atoms with Gasteiger partial charge in [0.05, 0.1) is 0 Å². The highest BCUT2D eigenvalue weighted by molar-refractivity contribution is 6.02. The largest absolute Gasteiger partial charge is 0.120 e. The highest BCUT2D eigenvalue weighted by atomic mass is 14.1. The van der Waals surface area contributed by atoms with Crippen molar-refractivity contribution in [3.8, 4) is 12.3 Å². The fraction of sp³-hybridized carbons (Fsp3) is 0.111. The maximum atomic E-state index is 5.41. The molecule has 0 saturated carbocycles.